The molecular weight excluding hydrogens is 156 g/mol. The minimum Gasteiger partial charge on any atom is -0.0854 e. The van der Waals surface area contributed by atoms with Gasteiger partial charge in [0, 0.05) is 0 Å². The van der Waals surface area contributed by atoms with Gasteiger partial charge in [-0.2, -0.15) is 0 Å². The summed E-state index contributed by atoms with van der Waals surface area (Å²) in [7, 11) is 0. The van der Waals surface area contributed by atoms with E-state index in [1.807, 2.05) is 0 Å². The normalized spacial score (nSPS) is 26.0. The van der Waals surface area contributed by atoms with Gasteiger partial charge in [0.15, 0.2) is 0 Å². The monoisotopic (exact) mass is 182 g/mol. The van der Waals surface area contributed by atoms with Crippen LogP contribution in [0.25, 0.3) is 0 Å². The molecule has 0 N–H and O–H groups in total. The highest BCUT2D eigenvalue weighted by Crippen LogP contribution is 2.21. The van der Waals surface area contributed by atoms with Crippen LogP contribution in [-0.2, 0) is 0 Å². The molecule has 0 aliphatic heterocycles. The molecule has 0 fully saturated rings. The fraction of sp³-hybridized carbons (Fsp3) is 0.846. The summed E-state index contributed by atoms with van der Waals surface area (Å²) in [6.45, 7) is 11.3. The quantitative estimate of drug-likeness (QED) is 0.545. The zero-order valence-electron chi connectivity index (χ0n) is 10.0. The van der Waals surface area contributed by atoms with Crippen LogP contribution >= 0.6 is 0 Å². The van der Waals surface area contributed by atoms with Gasteiger partial charge in [0.1, 0.15) is 0 Å². The molecule has 1 rings (SSSR count). The highest BCUT2D eigenvalue weighted by molar-refractivity contribution is 4.98. The lowest BCUT2D eigenvalue weighted by Gasteiger charge is -1.98. The average Bonchev–Trinajstić information content (AvgIpc) is 2.49. The Bertz CT molecular complexity index is 121. The predicted octanol–water partition coefficient (Wildman–Crippen LogP) is 4.66. The lowest BCUT2D eigenvalue weighted by Crippen LogP contribution is -1.86. The lowest BCUT2D eigenvalue weighted by atomic mass is 10.1. The Labute approximate surface area is 84.4 Å². The third-order valence-electron chi connectivity index (χ3n) is 2.91. The van der Waals surface area contributed by atoms with Crippen molar-refractivity contribution >= 4 is 0 Å². The highest BCUT2D eigenvalue weighted by atomic mass is 14.1. The Balaban J connectivity index is 0.000000226. The van der Waals surface area contributed by atoms with Gasteiger partial charge in [-0.05, 0) is 24.2 Å². The first-order valence-electron chi connectivity index (χ1n) is 5.78. The van der Waals surface area contributed by atoms with Crippen LogP contribution in [0.5, 0.6) is 0 Å². The van der Waals surface area contributed by atoms with E-state index in [1.165, 1.54) is 19.3 Å². The second-order valence-corrected chi connectivity index (χ2v) is 4.50. The molecule has 0 aromatic carbocycles. The molecule has 0 spiro atoms. The van der Waals surface area contributed by atoms with Crippen molar-refractivity contribution in [1.82, 2.24) is 0 Å². The summed E-state index contributed by atoms with van der Waals surface area (Å²) in [5.41, 5.74) is 0. The van der Waals surface area contributed by atoms with E-state index in [2.05, 4.69) is 46.8 Å². The SMILES string of the molecule is CC1C=CC(C)C1.CCC(C)CC. The molecule has 0 nitrogen and oxygen atoms in total. The zero-order valence-corrected chi connectivity index (χ0v) is 10.0. The van der Waals surface area contributed by atoms with E-state index in [9.17, 15) is 0 Å². The van der Waals surface area contributed by atoms with Crippen molar-refractivity contribution in [3.63, 3.8) is 0 Å². The lowest BCUT2D eigenvalue weighted by molar-refractivity contribution is 0.544. The van der Waals surface area contributed by atoms with Gasteiger partial charge < -0.3 is 0 Å². The van der Waals surface area contributed by atoms with Gasteiger partial charge in [-0.1, -0.05) is 59.6 Å². The number of hydrogen-bond acceptors (Lipinski definition) is 0. The molecule has 78 valence electrons. The summed E-state index contributed by atoms with van der Waals surface area (Å²) in [6, 6.07) is 0. The predicted molar refractivity (Wildman–Crippen MR) is 61.8 cm³/mol. The van der Waals surface area contributed by atoms with Gasteiger partial charge in [-0.15, -0.1) is 0 Å². The summed E-state index contributed by atoms with van der Waals surface area (Å²) in [6.07, 6.45) is 8.61. The van der Waals surface area contributed by atoms with Crippen molar-refractivity contribution in [1.29, 1.82) is 0 Å². The number of allylic oxidation sites excluding steroid dienone is 2. The molecule has 0 saturated carbocycles. The van der Waals surface area contributed by atoms with Crippen LogP contribution in [0.3, 0.4) is 0 Å². The molecule has 0 saturated heterocycles. The van der Waals surface area contributed by atoms with Gasteiger partial charge in [-0.3, -0.25) is 0 Å². The number of hydrogen-bond donors (Lipinski definition) is 0. The first-order valence-corrected chi connectivity index (χ1v) is 5.78. The maximum atomic E-state index is 2.30. The molecule has 2 atom stereocenters. The van der Waals surface area contributed by atoms with E-state index in [0.717, 1.165) is 17.8 Å². The molecule has 0 aromatic rings. The van der Waals surface area contributed by atoms with Crippen molar-refractivity contribution in [3.05, 3.63) is 12.2 Å². The zero-order chi connectivity index (χ0) is 10.3. The average molecular weight is 182 g/mol. The smallest absolute Gasteiger partial charge is 0.0256 e. The van der Waals surface area contributed by atoms with E-state index in [0.29, 0.717) is 0 Å². The van der Waals surface area contributed by atoms with Crippen molar-refractivity contribution < 1.29 is 0 Å². The Kier molecular flexibility index (Phi) is 7.03. The number of rotatable bonds is 2. The van der Waals surface area contributed by atoms with Gasteiger partial charge in [-0.25, -0.2) is 0 Å². The summed E-state index contributed by atoms with van der Waals surface area (Å²) in [5, 5.41) is 0. The van der Waals surface area contributed by atoms with Crippen molar-refractivity contribution in [3.8, 4) is 0 Å². The fourth-order valence-corrected chi connectivity index (χ4v) is 1.41. The molecule has 0 radical (unpaired) electrons. The van der Waals surface area contributed by atoms with Crippen LogP contribution in [-0.4, -0.2) is 0 Å². The molecule has 0 amide bonds. The minimum absolute atomic E-state index is 0.843. The highest BCUT2D eigenvalue weighted by Gasteiger charge is 2.08. The molecule has 1 aliphatic carbocycles. The van der Waals surface area contributed by atoms with E-state index >= 15 is 0 Å². The first kappa shape index (κ1) is 12.7. The maximum absolute atomic E-state index is 2.30. The van der Waals surface area contributed by atoms with Crippen LogP contribution < -0.4 is 0 Å². The maximum Gasteiger partial charge on any atom is -0.0256 e. The second-order valence-electron chi connectivity index (χ2n) is 4.50. The molecule has 0 heteroatoms. The largest absolute Gasteiger partial charge is 0.0854 e. The van der Waals surface area contributed by atoms with Crippen LogP contribution in [0.1, 0.15) is 53.9 Å². The van der Waals surface area contributed by atoms with Crippen LogP contribution in [0.4, 0.5) is 0 Å². The van der Waals surface area contributed by atoms with E-state index in [1.54, 1.807) is 0 Å². The van der Waals surface area contributed by atoms with E-state index in [4.69, 9.17) is 0 Å². The van der Waals surface area contributed by atoms with Crippen molar-refractivity contribution in [2.45, 2.75) is 53.9 Å². The van der Waals surface area contributed by atoms with Gasteiger partial charge >= 0.3 is 0 Å². The molecule has 0 heterocycles. The topological polar surface area (TPSA) is 0 Å². The molecule has 1 aliphatic rings. The van der Waals surface area contributed by atoms with Gasteiger partial charge in [0.2, 0.25) is 0 Å². The van der Waals surface area contributed by atoms with Crippen molar-refractivity contribution in [2.24, 2.45) is 17.8 Å². The molecule has 13 heavy (non-hydrogen) atoms. The molecule has 0 bridgehead atoms. The van der Waals surface area contributed by atoms with E-state index in [-0.39, 0.29) is 0 Å². The Morgan fingerprint density at radius 1 is 1.08 bits per heavy atom. The van der Waals surface area contributed by atoms with Crippen LogP contribution in [0.2, 0.25) is 0 Å². The Morgan fingerprint density at radius 2 is 1.46 bits per heavy atom. The first-order chi connectivity index (χ1) is 6.10. The Morgan fingerprint density at radius 3 is 1.54 bits per heavy atom. The molecular formula is C13H26. The van der Waals surface area contributed by atoms with Crippen LogP contribution in [0.15, 0.2) is 12.2 Å². The summed E-state index contributed by atoms with van der Waals surface area (Å²) < 4.78 is 0. The third-order valence-corrected chi connectivity index (χ3v) is 2.91. The standard InChI is InChI=1S/C7H12.C6H14/c1-6-3-4-7(2)5-6;1-4-6(3)5-2/h3-4,6-7H,5H2,1-2H3;6H,4-5H2,1-3H3. The van der Waals surface area contributed by atoms with Crippen molar-refractivity contribution in [2.75, 3.05) is 0 Å². The van der Waals surface area contributed by atoms with Crippen LogP contribution in [0, 0.1) is 17.8 Å². The molecule has 2 unspecified atom stereocenters. The van der Waals surface area contributed by atoms with E-state index < -0.39 is 0 Å². The minimum atomic E-state index is 0.843. The summed E-state index contributed by atoms with van der Waals surface area (Å²) >= 11 is 0. The van der Waals surface area contributed by atoms with Gasteiger partial charge in [0.05, 0.1) is 0 Å². The Hall–Kier alpha value is -0.260. The second kappa shape index (κ2) is 7.17. The molecule has 0 aromatic heterocycles. The summed E-state index contributed by atoms with van der Waals surface area (Å²) in [5.74, 6) is 2.62. The third kappa shape index (κ3) is 6.86. The summed E-state index contributed by atoms with van der Waals surface area (Å²) in [4.78, 5) is 0. The fourth-order valence-electron chi connectivity index (χ4n) is 1.41. The van der Waals surface area contributed by atoms with Gasteiger partial charge in [0.25, 0.3) is 0 Å².